The first-order valence-electron chi connectivity index (χ1n) is 7.33. The summed E-state index contributed by atoms with van der Waals surface area (Å²) in [6.07, 6.45) is 4.95. The molecule has 0 radical (unpaired) electrons. The monoisotopic (exact) mass is 284 g/mol. The number of methoxy groups -OCH3 is 1. The summed E-state index contributed by atoms with van der Waals surface area (Å²) in [4.78, 5) is 24.5. The van der Waals surface area contributed by atoms with E-state index in [2.05, 4.69) is 5.32 Å². The summed E-state index contributed by atoms with van der Waals surface area (Å²) < 4.78 is 4.94. The van der Waals surface area contributed by atoms with E-state index in [9.17, 15) is 9.59 Å². The third kappa shape index (κ3) is 4.18. The largest absolute Gasteiger partial charge is 0.480 e. The Balaban J connectivity index is 1.85. The van der Waals surface area contributed by atoms with Crippen LogP contribution in [0.2, 0.25) is 0 Å². The number of carbonyl (C=O) groups excluding carboxylic acids is 1. The standard InChI is InChI=1S/C14H24N2O4/c1-20-5-4-16(9-14(18)19)13(17)8-10-6-11-2-3-12(7-10)15-11/h10-12,15H,2-9H2,1H3,(H,18,19). The molecule has 2 atom stereocenters. The first-order chi connectivity index (χ1) is 9.58. The Hall–Kier alpha value is -1.14. The summed E-state index contributed by atoms with van der Waals surface area (Å²) in [6.45, 7) is 0.482. The fourth-order valence-corrected chi connectivity index (χ4v) is 3.37. The van der Waals surface area contributed by atoms with E-state index in [-0.39, 0.29) is 12.5 Å². The average molecular weight is 284 g/mol. The van der Waals surface area contributed by atoms with E-state index >= 15 is 0 Å². The first-order valence-corrected chi connectivity index (χ1v) is 7.33. The van der Waals surface area contributed by atoms with Crippen LogP contribution in [0, 0.1) is 5.92 Å². The first kappa shape index (κ1) is 15.3. The number of ether oxygens (including phenoxy) is 1. The van der Waals surface area contributed by atoms with E-state index in [4.69, 9.17) is 9.84 Å². The molecule has 2 bridgehead atoms. The number of carbonyl (C=O) groups is 2. The molecular formula is C14H24N2O4. The Morgan fingerprint density at radius 3 is 2.50 bits per heavy atom. The van der Waals surface area contributed by atoms with Gasteiger partial charge in [-0.05, 0) is 31.6 Å². The zero-order valence-electron chi connectivity index (χ0n) is 12.0. The lowest BCUT2D eigenvalue weighted by Gasteiger charge is -2.30. The summed E-state index contributed by atoms with van der Waals surface area (Å²) in [5.74, 6) is -0.643. The number of carboxylic acid groups (broad SMARTS) is 1. The molecule has 6 nitrogen and oxygen atoms in total. The van der Waals surface area contributed by atoms with E-state index < -0.39 is 5.97 Å². The highest BCUT2D eigenvalue weighted by Gasteiger charge is 2.34. The van der Waals surface area contributed by atoms with Crippen LogP contribution in [0.3, 0.4) is 0 Å². The van der Waals surface area contributed by atoms with Crippen LogP contribution in [0.25, 0.3) is 0 Å². The number of nitrogens with one attached hydrogen (secondary N) is 1. The molecule has 2 heterocycles. The van der Waals surface area contributed by atoms with Crippen molar-refractivity contribution in [3.63, 3.8) is 0 Å². The molecule has 0 aromatic heterocycles. The van der Waals surface area contributed by atoms with Crippen LogP contribution < -0.4 is 5.32 Å². The van der Waals surface area contributed by atoms with Gasteiger partial charge in [0.15, 0.2) is 0 Å². The fraction of sp³-hybridized carbons (Fsp3) is 0.857. The molecule has 6 heteroatoms. The summed E-state index contributed by atoms with van der Waals surface area (Å²) in [6, 6.07) is 1.11. The van der Waals surface area contributed by atoms with Gasteiger partial charge in [-0.3, -0.25) is 9.59 Å². The number of rotatable bonds is 7. The number of nitrogens with zero attached hydrogens (tertiary/aromatic N) is 1. The van der Waals surface area contributed by atoms with Gasteiger partial charge >= 0.3 is 5.97 Å². The third-order valence-corrected chi connectivity index (χ3v) is 4.28. The van der Waals surface area contributed by atoms with Crippen molar-refractivity contribution in [2.24, 2.45) is 5.92 Å². The molecular weight excluding hydrogens is 260 g/mol. The molecule has 1 amide bonds. The lowest BCUT2D eigenvalue weighted by molar-refractivity contribution is -0.145. The van der Waals surface area contributed by atoms with Crippen molar-refractivity contribution in [2.75, 3.05) is 26.8 Å². The lowest BCUT2D eigenvalue weighted by atomic mass is 9.89. The second-order valence-electron chi connectivity index (χ2n) is 5.88. The second-order valence-corrected chi connectivity index (χ2v) is 5.88. The van der Waals surface area contributed by atoms with E-state index in [0.29, 0.717) is 37.6 Å². The third-order valence-electron chi connectivity index (χ3n) is 4.28. The van der Waals surface area contributed by atoms with Crippen LogP contribution in [0.1, 0.15) is 32.1 Å². The van der Waals surface area contributed by atoms with Crippen molar-refractivity contribution in [3.8, 4) is 0 Å². The van der Waals surface area contributed by atoms with Crippen LogP contribution in [-0.4, -0.2) is 60.8 Å². The minimum atomic E-state index is -0.972. The number of piperidine rings is 1. The molecule has 2 rings (SSSR count). The minimum absolute atomic E-state index is 0.0595. The van der Waals surface area contributed by atoms with Gasteiger partial charge in [0.05, 0.1) is 6.61 Å². The van der Waals surface area contributed by atoms with E-state index in [1.165, 1.54) is 17.7 Å². The number of fused-ring (bicyclic) bond motifs is 2. The number of hydrogen-bond acceptors (Lipinski definition) is 4. The minimum Gasteiger partial charge on any atom is -0.480 e. The van der Waals surface area contributed by atoms with E-state index in [1.807, 2.05) is 0 Å². The van der Waals surface area contributed by atoms with Crippen molar-refractivity contribution < 1.29 is 19.4 Å². The van der Waals surface area contributed by atoms with Crippen LogP contribution in [-0.2, 0) is 14.3 Å². The summed E-state index contributed by atoms with van der Waals surface area (Å²) >= 11 is 0. The van der Waals surface area contributed by atoms with Gasteiger partial charge in [0, 0.05) is 32.2 Å². The zero-order valence-corrected chi connectivity index (χ0v) is 12.0. The fourth-order valence-electron chi connectivity index (χ4n) is 3.37. The summed E-state index contributed by atoms with van der Waals surface area (Å²) in [7, 11) is 1.55. The molecule has 0 spiro atoms. The van der Waals surface area contributed by atoms with Gasteiger partial charge in [0.1, 0.15) is 6.54 Å². The van der Waals surface area contributed by atoms with Crippen molar-refractivity contribution in [2.45, 2.75) is 44.2 Å². The predicted molar refractivity (Wildman–Crippen MR) is 73.4 cm³/mol. The maximum atomic E-state index is 12.3. The highest BCUT2D eigenvalue weighted by molar-refractivity contribution is 5.81. The SMILES string of the molecule is COCCN(CC(=O)O)C(=O)CC1CC2CCC(C1)N2. The average Bonchev–Trinajstić information content (AvgIpc) is 2.73. The highest BCUT2D eigenvalue weighted by atomic mass is 16.5. The molecule has 0 aromatic carbocycles. The molecule has 114 valence electrons. The van der Waals surface area contributed by atoms with E-state index in [1.54, 1.807) is 7.11 Å². The Labute approximate surface area is 119 Å². The number of carboxylic acids is 1. The van der Waals surface area contributed by atoms with Crippen LogP contribution in [0.5, 0.6) is 0 Å². The van der Waals surface area contributed by atoms with Crippen molar-refractivity contribution in [1.82, 2.24) is 10.2 Å². The number of amides is 1. The molecule has 2 N–H and O–H groups in total. The van der Waals surface area contributed by atoms with Gasteiger partial charge in [-0.15, -0.1) is 0 Å². The van der Waals surface area contributed by atoms with Gasteiger partial charge in [-0.2, -0.15) is 0 Å². The summed E-state index contributed by atoms with van der Waals surface area (Å²) in [5, 5.41) is 12.4. The van der Waals surface area contributed by atoms with Crippen molar-refractivity contribution >= 4 is 11.9 Å². The zero-order chi connectivity index (χ0) is 14.5. The highest BCUT2D eigenvalue weighted by Crippen LogP contribution is 2.32. The Kier molecular flexibility index (Phi) is 5.37. The van der Waals surface area contributed by atoms with Gasteiger partial charge < -0.3 is 20.1 Å². The Bertz CT molecular complexity index is 349. The smallest absolute Gasteiger partial charge is 0.323 e. The topological polar surface area (TPSA) is 78.9 Å². The molecule has 2 aliphatic rings. The Morgan fingerprint density at radius 1 is 1.30 bits per heavy atom. The lowest BCUT2D eigenvalue weighted by Crippen LogP contribution is -2.42. The molecule has 2 saturated heterocycles. The second kappa shape index (κ2) is 7.04. The number of hydrogen-bond donors (Lipinski definition) is 2. The summed E-state index contributed by atoms with van der Waals surface area (Å²) in [5.41, 5.74) is 0. The van der Waals surface area contributed by atoms with Gasteiger partial charge in [-0.1, -0.05) is 0 Å². The predicted octanol–water partition coefficient (Wildman–Crippen LogP) is 0.467. The van der Waals surface area contributed by atoms with E-state index in [0.717, 1.165) is 12.8 Å². The molecule has 2 aliphatic heterocycles. The van der Waals surface area contributed by atoms with Crippen LogP contribution in [0.15, 0.2) is 0 Å². The Morgan fingerprint density at radius 2 is 1.95 bits per heavy atom. The molecule has 20 heavy (non-hydrogen) atoms. The molecule has 0 saturated carbocycles. The van der Waals surface area contributed by atoms with Crippen molar-refractivity contribution in [1.29, 1.82) is 0 Å². The van der Waals surface area contributed by atoms with Crippen LogP contribution >= 0.6 is 0 Å². The number of aliphatic carboxylic acids is 1. The van der Waals surface area contributed by atoms with Gasteiger partial charge in [0.25, 0.3) is 0 Å². The normalized spacial score (nSPS) is 28.4. The van der Waals surface area contributed by atoms with Crippen molar-refractivity contribution in [3.05, 3.63) is 0 Å². The molecule has 0 aliphatic carbocycles. The van der Waals surface area contributed by atoms with Gasteiger partial charge in [-0.25, -0.2) is 0 Å². The van der Waals surface area contributed by atoms with Crippen LogP contribution in [0.4, 0.5) is 0 Å². The van der Waals surface area contributed by atoms with Gasteiger partial charge in [0.2, 0.25) is 5.91 Å². The molecule has 0 aromatic rings. The maximum Gasteiger partial charge on any atom is 0.323 e. The molecule has 2 fully saturated rings. The quantitative estimate of drug-likeness (QED) is 0.710. The molecule has 2 unspecified atom stereocenters. The maximum absolute atomic E-state index is 12.3.